The number of carbonyl (C=O) groups excluding carboxylic acids is 2. The van der Waals surface area contributed by atoms with Gasteiger partial charge in [-0.2, -0.15) is 5.10 Å². The molecule has 3 aromatic carbocycles. The first-order valence-corrected chi connectivity index (χ1v) is 9.64. The normalized spacial score (nSPS) is 10.6. The van der Waals surface area contributed by atoms with Crippen molar-refractivity contribution in [1.29, 1.82) is 0 Å². The molecule has 0 saturated heterocycles. The molecule has 1 amide bonds. The average molecular weight is 505 g/mol. The van der Waals surface area contributed by atoms with E-state index in [9.17, 15) is 9.59 Å². The van der Waals surface area contributed by atoms with Crippen molar-refractivity contribution < 1.29 is 14.3 Å². The number of esters is 1. The van der Waals surface area contributed by atoms with Gasteiger partial charge in [0.05, 0.1) is 11.8 Å². The Kier molecular flexibility index (Phi) is 6.78. The zero-order valence-electron chi connectivity index (χ0n) is 14.4. The lowest BCUT2D eigenvalue weighted by Crippen LogP contribution is -2.17. The van der Waals surface area contributed by atoms with Crippen LogP contribution in [-0.2, 0) is 0 Å². The fraction of sp³-hybridized carbons (Fsp3) is 0. The maximum absolute atomic E-state index is 12.2. The van der Waals surface area contributed by atoms with Gasteiger partial charge in [-0.3, -0.25) is 4.79 Å². The highest BCUT2D eigenvalue weighted by molar-refractivity contribution is 14.1. The lowest BCUT2D eigenvalue weighted by atomic mass is 10.2. The second-order valence-corrected chi connectivity index (χ2v) is 7.24. The molecule has 0 atom stereocenters. The second kappa shape index (κ2) is 9.48. The Hall–Kier alpha value is -2.71. The van der Waals surface area contributed by atoms with E-state index in [2.05, 4.69) is 33.1 Å². The number of carbonyl (C=O) groups is 2. The number of benzene rings is 3. The Labute approximate surface area is 180 Å². The smallest absolute Gasteiger partial charge is 0.344 e. The van der Waals surface area contributed by atoms with Gasteiger partial charge in [0, 0.05) is 14.2 Å². The molecule has 1 N–H and O–H groups in total. The van der Waals surface area contributed by atoms with Crippen LogP contribution in [0, 0.1) is 3.57 Å². The van der Waals surface area contributed by atoms with Gasteiger partial charge in [0.15, 0.2) is 0 Å². The van der Waals surface area contributed by atoms with Gasteiger partial charge in [-0.1, -0.05) is 23.7 Å². The number of nitrogens with one attached hydrogen (secondary N) is 1. The third kappa shape index (κ3) is 5.40. The fourth-order valence-corrected chi connectivity index (χ4v) is 2.98. The van der Waals surface area contributed by atoms with Crippen LogP contribution in [0.25, 0.3) is 0 Å². The van der Waals surface area contributed by atoms with Crippen molar-refractivity contribution in [3.8, 4) is 5.75 Å². The van der Waals surface area contributed by atoms with Gasteiger partial charge < -0.3 is 4.74 Å². The topological polar surface area (TPSA) is 67.8 Å². The van der Waals surface area contributed by atoms with Crippen molar-refractivity contribution in [2.45, 2.75) is 0 Å². The van der Waals surface area contributed by atoms with Crippen LogP contribution < -0.4 is 10.2 Å². The summed E-state index contributed by atoms with van der Waals surface area (Å²) < 4.78 is 6.20. The SMILES string of the molecule is O=C(NN=Cc1ccc(OC(=O)c2ccccc2I)cc1)c1ccc(Cl)cc1. The summed E-state index contributed by atoms with van der Waals surface area (Å²) in [6.07, 6.45) is 1.50. The number of hydrogen-bond acceptors (Lipinski definition) is 4. The lowest BCUT2D eigenvalue weighted by molar-refractivity contribution is 0.0733. The zero-order chi connectivity index (χ0) is 19.9. The number of rotatable bonds is 5. The highest BCUT2D eigenvalue weighted by atomic mass is 127. The zero-order valence-corrected chi connectivity index (χ0v) is 17.3. The van der Waals surface area contributed by atoms with Crippen molar-refractivity contribution in [2.24, 2.45) is 5.10 Å². The Morgan fingerprint density at radius 3 is 2.32 bits per heavy atom. The van der Waals surface area contributed by atoms with Crippen LogP contribution >= 0.6 is 34.2 Å². The van der Waals surface area contributed by atoms with Crippen molar-refractivity contribution in [1.82, 2.24) is 5.43 Å². The third-order valence-corrected chi connectivity index (χ3v) is 4.86. The van der Waals surface area contributed by atoms with Gasteiger partial charge in [0.2, 0.25) is 0 Å². The van der Waals surface area contributed by atoms with Crippen molar-refractivity contribution in [3.05, 3.63) is 98.1 Å². The summed E-state index contributed by atoms with van der Waals surface area (Å²) in [5.74, 6) is -0.329. The summed E-state index contributed by atoms with van der Waals surface area (Å²) in [5.41, 5.74) is 4.15. The molecule has 0 bridgehead atoms. The molecule has 7 heteroatoms. The van der Waals surface area contributed by atoms with E-state index in [0.29, 0.717) is 21.9 Å². The van der Waals surface area contributed by atoms with Crippen molar-refractivity contribution in [3.63, 3.8) is 0 Å². The van der Waals surface area contributed by atoms with Crippen LogP contribution in [0.2, 0.25) is 5.02 Å². The largest absolute Gasteiger partial charge is 0.423 e. The molecule has 0 saturated carbocycles. The number of amides is 1. The van der Waals surface area contributed by atoms with Crippen LogP contribution in [-0.4, -0.2) is 18.1 Å². The van der Waals surface area contributed by atoms with Crippen LogP contribution in [0.1, 0.15) is 26.3 Å². The molecule has 140 valence electrons. The molecule has 5 nitrogen and oxygen atoms in total. The maximum atomic E-state index is 12.2. The molecule has 0 spiro atoms. The summed E-state index contributed by atoms with van der Waals surface area (Å²) in [6.45, 7) is 0. The minimum absolute atomic E-state index is 0.337. The Morgan fingerprint density at radius 1 is 0.964 bits per heavy atom. The van der Waals surface area contributed by atoms with Crippen molar-refractivity contribution in [2.75, 3.05) is 0 Å². The summed E-state index contributed by atoms with van der Waals surface area (Å²) in [7, 11) is 0. The van der Waals surface area contributed by atoms with E-state index in [1.807, 2.05) is 12.1 Å². The van der Waals surface area contributed by atoms with Gasteiger partial charge in [0.25, 0.3) is 5.91 Å². The molecule has 0 fully saturated rings. The first kappa shape index (κ1) is 20.0. The second-order valence-electron chi connectivity index (χ2n) is 5.64. The van der Waals surface area contributed by atoms with Crippen LogP contribution in [0.4, 0.5) is 0 Å². The van der Waals surface area contributed by atoms with Gasteiger partial charge >= 0.3 is 5.97 Å². The summed E-state index contributed by atoms with van der Waals surface area (Å²) in [4.78, 5) is 24.2. The molecule has 3 aromatic rings. The van der Waals surface area contributed by atoms with Crippen molar-refractivity contribution >= 4 is 52.3 Å². The third-order valence-electron chi connectivity index (χ3n) is 3.67. The highest BCUT2D eigenvalue weighted by Gasteiger charge is 2.11. The summed E-state index contributed by atoms with van der Waals surface area (Å²) >= 11 is 7.88. The van der Waals surface area contributed by atoms with E-state index in [-0.39, 0.29) is 5.91 Å². The standard InChI is InChI=1S/C21H14ClIN2O3/c22-16-9-7-15(8-10-16)20(26)25-24-13-14-5-11-17(12-6-14)28-21(27)18-3-1-2-4-19(18)23/h1-13H,(H,25,26). The van der Waals surface area contributed by atoms with Gasteiger partial charge in [-0.15, -0.1) is 0 Å². The molecule has 0 aliphatic carbocycles. The maximum Gasteiger partial charge on any atom is 0.344 e. The quantitative estimate of drug-likeness (QED) is 0.176. The molecule has 3 rings (SSSR count). The van der Waals surface area contributed by atoms with E-state index < -0.39 is 5.97 Å². The predicted molar refractivity (Wildman–Crippen MR) is 117 cm³/mol. The van der Waals surface area contributed by atoms with Gasteiger partial charge in [0.1, 0.15) is 5.75 Å². The molecule has 0 aliphatic heterocycles. The minimum Gasteiger partial charge on any atom is -0.423 e. The number of hydrazone groups is 1. The average Bonchev–Trinajstić information content (AvgIpc) is 2.70. The lowest BCUT2D eigenvalue weighted by Gasteiger charge is -2.06. The first-order valence-electron chi connectivity index (χ1n) is 8.19. The fourth-order valence-electron chi connectivity index (χ4n) is 2.24. The number of halogens is 2. The van der Waals surface area contributed by atoms with E-state index in [0.717, 1.165) is 9.13 Å². The molecule has 0 radical (unpaired) electrons. The Bertz CT molecular complexity index is 1020. The molecule has 0 aliphatic rings. The van der Waals surface area contributed by atoms with Crippen LogP contribution in [0.5, 0.6) is 5.75 Å². The molecule has 0 heterocycles. The number of hydrogen-bond donors (Lipinski definition) is 1. The van der Waals surface area contributed by atoms with Gasteiger partial charge in [-0.05, 0) is 88.8 Å². The highest BCUT2D eigenvalue weighted by Crippen LogP contribution is 2.17. The molecule has 28 heavy (non-hydrogen) atoms. The molecule has 0 unspecified atom stereocenters. The van der Waals surface area contributed by atoms with Crippen LogP contribution in [0.3, 0.4) is 0 Å². The number of nitrogens with zero attached hydrogens (tertiary/aromatic N) is 1. The first-order chi connectivity index (χ1) is 13.5. The summed E-state index contributed by atoms with van der Waals surface area (Å²) in [5, 5.41) is 4.48. The molecular formula is C21H14ClIN2O3. The van der Waals surface area contributed by atoms with E-state index >= 15 is 0 Å². The minimum atomic E-state index is -0.415. The molecular weight excluding hydrogens is 491 g/mol. The number of ether oxygens (including phenoxy) is 1. The Balaban J connectivity index is 1.57. The van der Waals surface area contributed by atoms with E-state index in [4.69, 9.17) is 16.3 Å². The Morgan fingerprint density at radius 2 is 1.64 bits per heavy atom. The molecule has 0 aromatic heterocycles. The van der Waals surface area contributed by atoms with Crippen LogP contribution in [0.15, 0.2) is 77.9 Å². The summed E-state index contributed by atoms with van der Waals surface area (Å²) in [6, 6.07) is 20.5. The predicted octanol–water partition coefficient (Wildman–Crippen LogP) is 4.93. The van der Waals surface area contributed by atoms with E-state index in [1.54, 1.807) is 60.7 Å². The van der Waals surface area contributed by atoms with E-state index in [1.165, 1.54) is 6.21 Å². The van der Waals surface area contributed by atoms with Gasteiger partial charge in [-0.25, -0.2) is 10.2 Å². The monoisotopic (exact) mass is 504 g/mol.